The number of fused-ring (bicyclic) bond motifs is 1. The van der Waals surface area contributed by atoms with Crippen LogP contribution in [-0.2, 0) is 0 Å². The van der Waals surface area contributed by atoms with Crippen molar-refractivity contribution in [2.24, 2.45) is 0 Å². The molecule has 0 saturated carbocycles. The number of anilines is 1. The van der Waals surface area contributed by atoms with E-state index in [1.165, 1.54) is 12.1 Å². The maximum absolute atomic E-state index is 13.5. The van der Waals surface area contributed by atoms with Crippen molar-refractivity contribution in [1.29, 1.82) is 0 Å². The number of amides is 2. The van der Waals surface area contributed by atoms with Crippen LogP contribution in [0.25, 0.3) is 0 Å². The molecule has 1 heterocycles. The van der Waals surface area contributed by atoms with Gasteiger partial charge in [-0.25, -0.2) is 9.29 Å². The van der Waals surface area contributed by atoms with Crippen molar-refractivity contribution in [2.75, 3.05) is 4.90 Å². The van der Waals surface area contributed by atoms with E-state index < -0.39 is 17.6 Å². The minimum Gasteiger partial charge on any atom is -0.268 e. The lowest BCUT2D eigenvalue weighted by Gasteiger charge is -2.17. The van der Waals surface area contributed by atoms with Crippen molar-refractivity contribution >= 4 is 49.4 Å². The van der Waals surface area contributed by atoms with E-state index in [4.69, 9.17) is 0 Å². The highest BCUT2D eigenvalue weighted by Gasteiger charge is 2.37. The fourth-order valence-electron chi connectivity index (χ4n) is 2.31. The molecule has 0 atom stereocenters. The second-order valence-electron chi connectivity index (χ2n) is 4.69. The molecule has 0 N–H and O–H groups in total. The zero-order chi connectivity index (χ0) is 15.3. The van der Waals surface area contributed by atoms with Crippen LogP contribution in [0.4, 0.5) is 10.1 Å². The van der Waals surface area contributed by atoms with Crippen LogP contribution in [0.3, 0.4) is 0 Å². The number of imide groups is 1. The molecule has 2 aromatic carbocycles. The zero-order valence-electron chi connectivity index (χ0n) is 10.8. The minimum absolute atomic E-state index is 0.209. The van der Waals surface area contributed by atoms with E-state index in [1.807, 2.05) is 0 Å². The fourth-order valence-corrected chi connectivity index (χ4v) is 3.00. The average molecular weight is 413 g/mol. The molecule has 0 unspecified atom stereocenters. The second-order valence-corrected chi connectivity index (χ2v) is 6.46. The van der Waals surface area contributed by atoms with Gasteiger partial charge in [-0.1, -0.05) is 15.9 Å². The molecule has 21 heavy (non-hydrogen) atoms. The Kier molecular flexibility index (Phi) is 3.45. The first kappa shape index (κ1) is 14.4. The molecule has 3 nitrogen and oxygen atoms in total. The Bertz CT molecular complexity index is 805. The summed E-state index contributed by atoms with van der Waals surface area (Å²) in [6.07, 6.45) is 0. The summed E-state index contributed by atoms with van der Waals surface area (Å²) in [5, 5.41) is 0. The average Bonchev–Trinajstić information content (AvgIpc) is 2.66. The number of hydrogen-bond donors (Lipinski definition) is 0. The molecule has 2 aromatic rings. The molecular formula is C15H8Br2FNO2. The lowest BCUT2D eigenvalue weighted by molar-refractivity contribution is 0.0926. The molecule has 0 bridgehead atoms. The van der Waals surface area contributed by atoms with E-state index >= 15 is 0 Å². The highest BCUT2D eigenvalue weighted by atomic mass is 79.9. The summed E-state index contributed by atoms with van der Waals surface area (Å²) in [4.78, 5) is 26.0. The molecule has 1 aliphatic rings. The molecule has 6 heteroatoms. The van der Waals surface area contributed by atoms with Crippen LogP contribution in [0, 0.1) is 12.7 Å². The quantitative estimate of drug-likeness (QED) is 0.648. The summed E-state index contributed by atoms with van der Waals surface area (Å²) >= 11 is 6.37. The summed E-state index contributed by atoms with van der Waals surface area (Å²) in [6.45, 7) is 1.66. The van der Waals surface area contributed by atoms with Gasteiger partial charge in [0.15, 0.2) is 0 Å². The number of carbonyl (C=O) groups excluding carboxylic acids is 2. The largest absolute Gasteiger partial charge is 0.268 e. The molecule has 0 fully saturated rings. The highest BCUT2D eigenvalue weighted by Crippen LogP contribution is 2.34. The molecule has 0 saturated heterocycles. The van der Waals surface area contributed by atoms with Gasteiger partial charge in [-0.05, 0) is 58.7 Å². The van der Waals surface area contributed by atoms with Crippen molar-refractivity contribution in [2.45, 2.75) is 6.92 Å². The molecule has 1 aliphatic heterocycles. The minimum atomic E-state index is -0.435. The third-order valence-electron chi connectivity index (χ3n) is 3.33. The van der Waals surface area contributed by atoms with Gasteiger partial charge in [-0.3, -0.25) is 9.59 Å². The number of hydrogen-bond acceptors (Lipinski definition) is 2. The standard InChI is InChI=1S/C15H8Br2FNO2/c1-7-4-12(18)11(17)6-13(7)19-14(20)9-3-2-8(16)5-10(9)15(19)21/h2-6H,1H3. The van der Waals surface area contributed by atoms with Gasteiger partial charge in [-0.15, -0.1) is 0 Å². The smallest absolute Gasteiger partial charge is 0.266 e. The summed E-state index contributed by atoms with van der Waals surface area (Å²) < 4.78 is 14.4. The summed E-state index contributed by atoms with van der Waals surface area (Å²) in [5.74, 6) is -1.24. The Labute approximate surface area is 137 Å². The number of rotatable bonds is 1. The van der Waals surface area contributed by atoms with E-state index in [9.17, 15) is 14.0 Å². The Morgan fingerprint density at radius 1 is 1.00 bits per heavy atom. The van der Waals surface area contributed by atoms with Gasteiger partial charge in [0.25, 0.3) is 11.8 Å². The fraction of sp³-hybridized carbons (Fsp3) is 0.0667. The van der Waals surface area contributed by atoms with Crippen LogP contribution in [0.1, 0.15) is 26.3 Å². The van der Waals surface area contributed by atoms with E-state index in [0.717, 1.165) is 9.37 Å². The second kappa shape index (κ2) is 5.03. The number of benzene rings is 2. The third kappa shape index (κ3) is 2.22. The van der Waals surface area contributed by atoms with E-state index in [-0.39, 0.29) is 4.47 Å². The predicted octanol–water partition coefficient (Wildman–Crippen LogP) is 4.46. The molecule has 3 rings (SSSR count). The highest BCUT2D eigenvalue weighted by molar-refractivity contribution is 9.10. The van der Waals surface area contributed by atoms with Crippen LogP contribution >= 0.6 is 31.9 Å². The van der Waals surface area contributed by atoms with Crippen molar-refractivity contribution < 1.29 is 14.0 Å². The molecule has 106 valence electrons. The van der Waals surface area contributed by atoms with Crippen LogP contribution in [0.5, 0.6) is 0 Å². The van der Waals surface area contributed by atoms with Gasteiger partial charge >= 0.3 is 0 Å². The molecule has 0 spiro atoms. The van der Waals surface area contributed by atoms with Crippen LogP contribution in [0.15, 0.2) is 39.3 Å². The van der Waals surface area contributed by atoms with Crippen molar-refractivity contribution in [3.63, 3.8) is 0 Å². The number of nitrogens with zero attached hydrogens (tertiary/aromatic N) is 1. The summed E-state index contributed by atoms with van der Waals surface area (Å²) in [6, 6.07) is 7.66. The monoisotopic (exact) mass is 411 g/mol. The van der Waals surface area contributed by atoms with Crippen molar-refractivity contribution in [3.8, 4) is 0 Å². The Balaban J connectivity index is 2.16. The first-order valence-corrected chi connectivity index (χ1v) is 7.62. The van der Waals surface area contributed by atoms with Gasteiger partial charge in [0.05, 0.1) is 21.3 Å². The zero-order valence-corrected chi connectivity index (χ0v) is 14.0. The number of carbonyl (C=O) groups is 2. The lowest BCUT2D eigenvalue weighted by atomic mass is 10.1. The van der Waals surface area contributed by atoms with E-state index in [2.05, 4.69) is 31.9 Å². The summed E-state index contributed by atoms with van der Waals surface area (Å²) in [7, 11) is 0. The van der Waals surface area contributed by atoms with Gasteiger partial charge in [0.2, 0.25) is 0 Å². The van der Waals surface area contributed by atoms with Crippen LogP contribution in [0.2, 0.25) is 0 Å². The first-order chi connectivity index (χ1) is 9.90. The maximum Gasteiger partial charge on any atom is 0.266 e. The van der Waals surface area contributed by atoms with Gasteiger partial charge in [-0.2, -0.15) is 0 Å². The van der Waals surface area contributed by atoms with Gasteiger partial charge in [0.1, 0.15) is 5.82 Å². The summed E-state index contributed by atoms with van der Waals surface area (Å²) in [5.41, 5.74) is 1.59. The predicted molar refractivity (Wildman–Crippen MR) is 84.1 cm³/mol. The first-order valence-electron chi connectivity index (χ1n) is 6.04. The van der Waals surface area contributed by atoms with E-state index in [1.54, 1.807) is 25.1 Å². The molecule has 0 aromatic heterocycles. The Morgan fingerprint density at radius 3 is 2.38 bits per heavy atom. The lowest BCUT2D eigenvalue weighted by Crippen LogP contribution is -2.30. The topological polar surface area (TPSA) is 37.4 Å². The molecule has 2 amide bonds. The Hall–Kier alpha value is -1.53. The van der Waals surface area contributed by atoms with Crippen molar-refractivity contribution in [1.82, 2.24) is 0 Å². The van der Waals surface area contributed by atoms with Gasteiger partial charge in [0, 0.05) is 4.47 Å². The maximum atomic E-state index is 13.5. The van der Waals surface area contributed by atoms with Crippen molar-refractivity contribution in [3.05, 3.63) is 61.8 Å². The SMILES string of the molecule is Cc1cc(F)c(Br)cc1N1C(=O)c2ccc(Br)cc2C1=O. The normalized spacial score (nSPS) is 13.8. The number of halogens is 3. The Morgan fingerprint density at radius 2 is 1.67 bits per heavy atom. The van der Waals surface area contributed by atoms with Crippen LogP contribution < -0.4 is 4.90 Å². The van der Waals surface area contributed by atoms with Crippen LogP contribution in [-0.4, -0.2) is 11.8 Å². The molecule has 0 radical (unpaired) electrons. The third-order valence-corrected chi connectivity index (χ3v) is 4.43. The molecular weight excluding hydrogens is 405 g/mol. The number of aryl methyl sites for hydroxylation is 1. The van der Waals surface area contributed by atoms with E-state index in [0.29, 0.717) is 22.4 Å². The van der Waals surface area contributed by atoms with Gasteiger partial charge < -0.3 is 0 Å². The molecule has 0 aliphatic carbocycles.